The average molecular weight is 341 g/mol. The second kappa shape index (κ2) is 8.12. The zero-order valence-electron chi connectivity index (χ0n) is 16.9. The van der Waals surface area contributed by atoms with Gasteiger partial charge in [-0.05, 0) is 24.1 Å². The first-order valence-corrected chi connectivity index (χ1v) is 15.2. The quantitative estimate of drug-likeness (QED) is 0.372. The molecule has 0 aromatic rings. The zero-order chi connectivity index (χ0) is 17.8. The minimum atomic E-state index is -1.75. The van der Waals surface area contributed by atoms with Gasteiger partial charge in [0, 0.05) is 5.92 Å². The van der Waals surface area contributed by atoms with Gasteiger partial charge in [0.05, 0.1) is 14.2 Å². The Labute approximate surface area is 142 Å². The number of rotatable bonds is 7. The third-order valence-corrected chi connectivity index (χ3v) is 10.0. The third-order valence-electron chi connectivity index (χ3n) is 4.34. The second-order valence-electron chi connectivity index (χ2n) is 9.56. The van der Waals surface area contributed by atoms with Crippen LogP contribution in [0, 0.1) is 11.8 Å². The van der Waals surface area contributed by atoms with E-state index in [9.17, 15) is 0 Å². The van der Waals surface area contributed by atoms with E-state index in [4.69, 9.17) is 4.43 Å². The lowest BCUT2D eigenvalue weighted by Crippen LogP contribution is -2.45. The van der Waals surface area contributed by atoms with Crippen LogP contribution in [0.2, 0.25) is 37.8 Å². The molecule has 1 nitrogen and oxygen atoms in total. The first kappa shape index (κ1) is 21.9. The fraction of sp³-hybridized carbons (Fsp3) is 0.789. The molecule has 0 saturated carbocycles. The van der Waals surface area contributed by atoms with E-state index in [0.717, 1.165) is 0 Å². The number of hydrogen-bond donors (Lipinski definition) is 0. The number of allylic oxidation sites excluding steroid dienone is 1. The molecule has 0 saturated heterocycles. The minimum absolute atomic E-state index is 0.197. The molecule has 0 unspecified atom stereocenters. The highest BCUT2D eigenvalue weighted by Gasteiger charge is 2.39. The molecule has 0 fully saturated rings. The highest BCUT2D eigenvalue weighted by molar-refractivity contribution is 6.81. The van der Waals surface area contributed by atoms with Crippen LogP contribution in [0.1, 0.15) is 41.5 Å². The van der Waals surface area contributed by atoms with E-state index in [1.165, 1.54) is 0 Å². The van der Waals surface area contributed by atoms with Gasteiger partial charge in [-0.2, -0.15) is 0 Å². The van der Waals surface area contributed by atoms with Gasteiger partial charge in [-0.15, -0.1) is 0 Å². The van der Waals surface area contributed by atoms with Crippen LogP contribution < -0.4 is 0 Å². The summed E-state index contributed by atoms with van der Waals surface area (Å²) in [6.07, 6.45) is 7.18. The second-order valence-corrected chi connectivity index (χ2v) is 19.4. The predicted molar refractivity (Wildman–Crippen MR) is 108 cm³/mol. The van der Waals surface area contributed by atoms with Crippen molar-refractivity contribution < 1.29 is 4.43 Å². The summed E-state index contributed by atoms with van der Waals surface area (Å²) in [6, 6.07) is 0. The molecule has 0 rings (SSSR count). The van der Waals surface area contributed by atoms with Crippen LogP contribution in [0.3, 0.4) is 0 Å². The Morgan fingerprint density at radius 3 is 1.68 bits per heavy atom. The summed E-state index contributed by atoms with van der Waals surface area (Å²) in [5.74, 6) is 1.01. The summed E-state index contributed by atoms with van der Waals surface area (Å²) in [5, 5.41) is 0.250. The van der Waals surface area contributed by atoms with E-state index in [-0.39, 0.29) is 11.1 Å². The van der Waals surface area contributed by atoms with Crippen LogP contribution >= 0.6 is 0 Å². The molecule has 0 aromatic heterocycles. The summed E-state index contributed by atoms with van der Waals surface area (Å²) in [7, 11) is -2.95. The minimum Gasteiger partial charge on any atom is -0.410 e. The van der Waals surface area contributed by atoms with Gasteiger partial charge in [0.15, 0.2) is 8.32 Å². The maximum Gasteiger partial charge on any atom is 0.192 e. The lowest BCUT2D eigenvalue weighted by atomic mass is 10.0. The Bertz CT molecular complexity index is 381. The summed E-state index contributed by atoms with van der Waals surface area (Å²) < 4.78 is 6.71. The fourth-order valence-electron chi connectivity index (χ4n) is 1.73. The standard InChI is InChI=1S/C19H40OSi2/c1-16(2)12-13-17(3)18(14-15-21(7,8)9)20-22(10,11)19(4,5)6/h12-18H,1-11H3/b13-12+,15-14+/t17-,18-/m1/s1. The highest BCUT2D eigenvalue weighted by atomic mass is 28.4. The Morgan fingerprint density at radius 2 is 1.32 bits per heavy atom. The van der Waals surface area contributed by atoms with Crippen molar-refractivity contribution in [1.29, 1.82) is 0 Å². The molecule has 0 aliphatic rings. The molecule has 0 bridgehead atoms. The van der Waals surface area contributed by atoms with Crippen molar-refractivity contribution in [2.45, 2.75) is 85.4 Å². The molecule has 3 heteroatoms. The number of hydrogen-bond acceptors (Lipinski definition) is 1. The van der Waals surface area contributed by atoms with Crippen molar-refractivity contribution in [3.63, 3.8) is 0 Å². The van der Waals surface area contributed by atoms with Crippen LogP contribution in [0.25, 0.3) is 0 Å². The molecule has 0 heterocycles. The largest absolute Gasteiger partial charge is 0.410 e. The maximum absolute atomic E-state index is 6.71. The van der Waals surface area contributed by atoms with Gasteiger partial charge in [0.2, 0.25) is 0 Å². The molecule has 0 aliphatic heterocycles. The predicted octanol–water partition coefficient (Wildman–Crippen LogP) is 6.66. The Balaban J connectivity index is 5.31. The Hall–Kier alpha value is -0.126. The fourth-order valence-corrected chi connectivity index (χ4v) is 3.82. The maximum atomic E-state index is 6.71. The van der Waals surface area contributed by atoms with Crippen molar-refractivity contribution >= 4 is 16.4 Å². The molecular weight excluding hydrogens is 300 g/mol. The first-order valence-electron chi connectivity index (χ1n) is 8.71. The zero-order valence-corrected chi connectivity index (χ0v) is 18.9. The van der Waals surface area contributed by atoms with Gasteiger partial charge in [0.1, 0.15) is 0 Å². The van der Waals surface area contributed by atoms with Crippen molar-refractivity contribution in [2.24, 2.45) is 11.8 Å². The van der Waals surface area contributed by atoms with E-state index in [0.29, 0.717) is 11.8 Å². The molecule has 0 spiro atoms. The Morgan fingerprint density at radius 1 is 0.818 bits per heavy atom. The monoisotopic (exact) mass is 340 g/mol. The molecule has 0 N–H and O–H groups in total. The summed E-state index contributed by atoms with van der Waals surface area (Å²) in [6.45, 7) is 25.5. The van der Waals surface area contributed by atoms with Gasteiger partial charge in [-0.3, -0.25) is 0 Å². The van der Waals surface area contributed by atoms with E-state index in [1.807, 2.05) is 0 Å². The topological polar surface area (TPSA) is 9.23 Å². The summed E-state index contributed by atoms with van der Waals surface area (Å²) in [4.78, 5) is 0. The highest BCUT2D eigenvalue weighted by Crippen LogP contribution is 2.38. The third kappa shape index (κ3) is 8.49. The average Bonchev–Trinajstić information content (AvgIpc) is 2.28. The van der Waals surface area contributed by atoms with Crippen LogP contribution in [-0.4, -0.2) is 22.5 Å². The van der Waals surface area contributed by atoms with Crippen molar-refractivity contribution in [3.05, 3.63) is 23.9 Å². The summed E-state index contributed by atoms with van der Waals surface area (Å²) in [5.41, 5.74) is 2.44. The molecular formula is C19H40OSi2. The van der Waals surface area contributed by atoms with Crippen LogP contribution in [0.5, 0.6) is 0 Å². The molecule has 0 amide bonds. The lowest BCUT2D eigenvalue weighted by molar-refractivity contribution is 0.190. The van der Waals surface area contributed by atoms with Crippen LogP contribution in [-0.2, 0) is 4.43 Å². The van der Waals surface area contributed by atoms with Gasteiger partial charge >= 0.3 is 0 Å². The Kier molecular flexibility index (Phi) is 8.07. The van der Waals surface area contributed by atoms with Crippen molar-refractivity contribution in [3.8, 4) is 0 Å². The van der Waals surface area contributed by atoms with E-state index in [2.05, 4.69) is 98.2 Å². The van der Waals surface area contributed by atoms with E-state index in [1.54, 1.807) is 0 Å². The molecule has 0 aromatic carbocycles. The smallest absolute Gasteiger partial charge is 0.192 e. The SMILES string of the molecule is CC(C)/C=C/[C@@H](C)[C@@H](/C=C/[Si](C)(C)C)O[Si](C)(C)C(C)(C)C. The molecule has 0 radical (unpaired) electrons. The molecule has 0 aliphatic carbocycles. The summed E-state index contributed by atoms with van der Waals surface area (Å²) >= 11 is 0. The van der Waals surface area contributed by atoms with E-state index >= 15 is 0 Å². The molecule has 130 valence electrons. The van der Waals surface area contributed by atoms with Crippen molar-refractivity contribution in [1.82, 2.24) is 0 Å². The van der Waals surface area contributed by atoms with Crippen LogP contribution in [0.4, 0.5) is 0 Å². The molecule has 22 heavy (non-hydrogen) atoms. The lowest BCUT2D eigenvalue weighted by Gasteiger charge is -2.40. The van der Waals surface area contributed by atoms with Crippen molar-refractivity contribution in [2.75, 3.05) is 0 Å². The first-order chi connectivity index (χ1) is 9.66. The van der Waals surface area contributed by atoms with Gasteiger partial charge in [-0.25, -0.2) is 0 Å². The van der Waals surface area contributed by atoms with Gasteiger partial charge < -0.3 is 4.43 Å². The van der Waals surface area contributed by atoms with E-state index < -0.39 is 16.4 Å². The molecule has 2 atom stereocenters. The van der Waals surface area contributed by atoms with Gasteiger partial charge in [0.25, 0.3) is 0 Å². The van der Waals surface area contributed by atoms with Crippen LogP contribution in [0.15, 0.2) is 23.9 Å². The van der Waals surface area contributed by atoms with Gasteiger partial charge in [-0.1, -0.05) is 85.1 Å². The normalized spacial score (nSPS) is 17.6.